The molecule has 0 aliphatic carbocycles. The molecule has 0 spiro atoms. The summed E-state index contributed by atoms with van der Waals surface area (Å²) in [6, 6.07) is 13.3. The van der Waals surface area contributed by atoms with Crippen LogP contribution in [-0.4, -0.2) is 37.2 Å². The lowest BCUT2D eigenvalue weighted by atomic mass is 9.94. The second kappa shape index (κ2) is 8.78. The van der Waals surface area contributed by atoms with Gasteiger partial charge >= 0.3 is 0 Å². The first-order valence-electron chi connectivity index (χ1n) is 9.01. The summed E-state index contributed by atoms with van der Waals surface area (Å²) in [5.74, 6) is 0.568. The molecule has 1 aromatic carbocycles. The topological polar surface area (TPSA) is 80.5 Å². The lowest BCUT2D eigenvalue weighted by molar-refractivity contribution is -0.125. The second-order valence-electron chi connectivity index (χ2n) is 6.56. The van der Waals surface area contributed by atoms with Gasteiger partial charge in [0.05, 0.1) is 19.1 Å². The minimum Gasteiger partial charge on any atom is -0.378 e. The molecule has 2 heterocycles. The average molecular weight is 354 g/mol. The summed E-state index contributed by atoms with van der Waals surface area (Å²) < 4.78 is 5.38. The van der Waals surface area contributed by atoms with Gasteiger partial charge in [-0.05, 0) is 23.3 Å². The average Bonchev–Trinajstić information content (AvgIpc) is 2.72. The Bertz CT molecular complexity index is 717. The van der Waals surface area contributed by atoms with E-state index >= 15 is 0 Å². The van der Waals surface area contributed by atoms with E-state index < -0.39 is 0 Å². The number of rotatable bonds is 6. The van der Waals surface area contributed by atoms with Crippen LogP contribution in [0.3, 0.4) is 0 Å². The van der Waals surface area contributed by atoms with E-state index in [9.17, 15) is 4.79 Å². The SMILES string of the molecule is CC(C(=O)NCc1ccnc(N2CCOCC2)c1)C(N)c1ccccc1. The van der Waals surface area contributed by atoms with Crippen LogP contribution in [0.5, 0.6) is 0 Å². The van der Waals surface area contributed by atoms with Crippen molar-refractivity contribution in [2.45, 2.75) is 19.5 Å². The van der Waals surface area contributed by atoms with Crippen LogP contribution < -0.4 is 16.0 Å². The highest BCUT2D eigenvalue weighted by atomic mass is 16.5. The van der Waals surface area contributed by atoms with E-state index in [2.05, 4.69) is 15.2 Å². The van der Waals surface area contributed by atoms with Gasteiger partial charge in [0.15, 0.2) is 0 Å². The predicted molar refractivity (Wildman–Crippen MR) is 102 cm³/mol. The molecule has 26 heavy (non-hydrogen) atoms. The minimum absolute atomic E-state index is 0.0499. The van der Waals surface area contributed by atoms with Gasteiger partial charge in [-0.15, -0.1) is 0 Å². The van der Waals surface area contributed by atoms with Crippen LogP contribution in [0.4, 0.5) is 5.82 Å². The minimum atomic E-state index is -0.322. The van der Waals surface area contributed by atoms with Crippen molar-refractivity contribution in [2.24, 2.45) is 11.7 Å². The van der Waals surface area contributed by atoms with Gasteiger partial charge in [-0.1, -0.05) is 37.3 Å². The predicted octanol–water partition coefficient (Wildman–Crippen LogP) is 1.87. The summed E-state index contributed by atoms with van der Waals surface area (Å²) in [6.07, 6.45) is 1.78. The molecule has 1 fully saturated rings. The van der Waals surface area contributed by atoms with E-state index in [0.29, 0.717) is 6.54 Å². The number of pyridine rings is 1. The van der Waals surface area contributed by atoms with E-state index in [4.69, 9.17) is 10.5 Å². The number of nitrogens with one attached hydrogen (secondary N) is 1. The molecule has 2 aromatic rings. The lowest BCUT2D eigenvalue weighted by Gasteiger charge is -2.28. The maximum Gasteiger partial charge on any atom is 0.225 e. The Morgan fingerprint density at radius 1 is 1.27 bits per heavy atom. The Kier molecular flexibility index (Phi) is 6.20. The van der Waals surface area contributed by atoms with Crippen LogP contribution in [0.15, 0.2) is 48.7 Å². The number of anilines is 1. The lowest BCUT2D eigenvalue weighted by Crippen LogP contribution is -2.37. The second-order valence-corrected chi connectivity index (χ2v) is 6.56. The fourth-order valence-corrected chi connectivity index (χ4v) is 3.01. The summed E-state index contributed by atoms with van der Waals surface area (Å²) in [7, 11) is 0. The zero-order chi connectivity index (χ0) is 18.4. The Labute approximate surface area is 154 Å². The third kappa shape index (κ3) is 4.59. The molecule has 1 aliphatic heterocycles. The van der Waals surface area contributed by atoms with Gasteiger partial charge in [0.25, 0.3) is 0 Å². The Morgan fingerprint density at radius 3 is 2.73 bits per heavy atom. The Balaban J connectivity index is 1.57. The molecule has 0 bridgehead atoms. The molecule has 3 N–H and O–H groups in total. The van der Waals surface area contributed by atoms with E-state index in [0.717, 1.165) is 43.2 Å². The molecule has 1 amide bonds. The van der Waals surface area contributed by atoms with Crippen molar-refractivity contribution in [1.29, 1.82) is 0 Å². The van der Waals surface area contributed by atoms with Crippen molar-refractivity contribution in [2.75, 3.05) is 31.2 Å². The molecule has 0 saturated carbocycles. The maximum absolute atomic E-state index is 12.5. The standard InChI is InChI=1S/C20H26N4O2/c1-15(19(21)17-5-3-2-4-6-17)20(25)23-14-16-7-8-22-18(13-16)24-9-11-26-12-10-24/h2-8,13,15,19H,9-12,14,21H2,1H3,(H,23,25). The van der Waals surface area contributed by atoms with Gasteiger partial charge in [0.2, 0.25) is 5.91 Å². The van der Waals surface area contributed by atoms with Gasteiger partial charge in [-0.3, -0.25) is 4.79 Å². The highest BCUT2D eigenvalue weighted by molar-refractivity contribution is 5.79. The normalized spacial score (nSPS) is 16.8. The smallest absolute Gasteiger partial charge is 0.225 e. The van der Waals surface area contributed by atoms with Crippen LogP contribution >= 0.6 is 0 Å². The van der Waals surface area contributed by atoms with Crippen LogP contribution in [0.25, 0.3) is 0 Å². The first-order valence-corrected chi connectivity index (χ1v) is 9.01. The Hall–Kier alpha value is -2.44. The molecule has 1 aliphatic rings. The molecule has 2 atom stereocenters. The van der Waals surface area contributed by atoms with Gasteiger partial charge in [0, 0.05) is 31.9 Å². The molecule has 2 unspecified atom stereocenters. The van der Waals surface area contributed by atoms with Crippen LogP contribution in [0.2, 0.25) is 0 Å². The van der Waals surface area contributed by atoms with Gasteiger partial charge in [0.1, 0.15) is 5.82 Å². The summed E-state index contributed by atoms with van der Waals surface area (Å²) in [6.45, 7) is 5.44. The van der Waals surface area contributed by atoms with E-state index in [1.165, 1.54) is 0 Å². The molecule has 138 valence electrons. The maximum atomic E-state index is 12.5. The number of aromatic nitrogens is 1. The zero-order valence-corrected chi connectivity index (χ0v) is 15.1. The van der Waals surface area contributed by atoms with Crippen LogP contribution in [0, 0.1) is 5.92 Å². The van der Waals surface area contributed by atoms with E-state index in [1.54, 1.807) is 6.20 Å². The largest absolute Gasteiger partial charge is 0.378 e. The molecule has 6 nitrogen and oxygen atoms in total. The highest BCUT2D eigenvalue weighted by Gasteiger charge is 2.22. The molecule has 1 aromatic heterocycles. The first kappa shape index (κ1) is 18.4. The van der Waals surface area contributed by atoms with Crippen LogP contribution in [-0.2, 0) is 16.1 Å². The quantitative estimate of drug-likeness (QED) is 0.828. The van der Waals surface area contributed by atoms with Crippen molar-refractivity contribution in [3.8, 4) is 0 Å². The van der Waals surface area contributed by atoms with Crippen molar-refractivity contribution in [3.05, 3.63) is 59.8 Å². The number of morpholine rings is 1. The van der Waals surface area contributed by atoms with Crippen molar-refractivity contribution < 1.29 is 9.53 Å². The molecule has 1 saturated heterocycles. The van der Waals surface area contributed by atoms with Crippen molar-refractivity contribution >= 4 is 11.7 Å². The molecular formula is C20H26N4O2. The van der Waals surface area contributed by atoms with Crippen molar-refractivity contribution in [3.63, 3.8) is 0 Å². The molecule has 0 radical (unpaired) electrons. The third-order valence-corrected chi connectivity index (χ3v) is 4.75. The Morgan fingerprint density at radius 2 is 2.00 bits per heavy atom. The van der Waals surface area contributed by atoms with E-state index in [-0.39, 0.29) is 17.9 Å². The molecule has 6 heteroatoms. The number of benzene rings is 1. The van der Waals surface area contributed by atoms with Gasteiger partial charge < -0.3 is 20.7 Å². The van der Waals surface area contributed by atoms with E-state index in [1.807, 2.05) is 49.4 Å². The number of ether oxygens (including phenoxy) is 1. The highest BCUT2D eigenvalue weighted by Crippen LogP contribution is 2.19. The zero-order valence-electron chi connectivity index (χ0n) is 15.1. The van der Waals surface area contributed by atoms with Gasteiger partial charge in [-0.25, -0.2) is 4.98 Å². The van der Waals surface area contributed by atoms with Crippen molar-refractivity contribution in [1.82, 2.24) is 10.3 Å². The number of amides is 1. The monoisotopic (exact) mass is 354 g/mol. The molecular weight excluding hydrogens is 328 g/mol. The number of hydrogen-bond donors (Lipinski definition) is 2. The van der Waals surface area contributed by atoms with Crippen LogP contribution in [0.1, 0.15) is 24.1 Å². The number of carbonyl (C=O) groups is 1. The third-order valence-electron chi connectivity index (χ3n) is 4.75. The first-order chi connectivity index (χ1) is 12.6. The molecule has 3 rings (SSSR count). The number of nitrogens with zero attached hydrogens (tertiary/aromatic N) is 2. The summed E-state index contributed by atoms with van der Waals surface area (Å²) in [5.41, 5.74) is 8.23. The fourth-order valence-electron chi connectivity index (χ4n) is 3.01. The number of hydrogen-bond acceptors (Lipinski definition) is 5. The number of nitrogens with two attached hydrogens (primary N) is 1. The summed E-state index contributed by atoms with van der Waals surface area (Å²) >= 11 is 0. The summed E-state index contributed by atoms with van der Waals surface area (Å²) in [4.78, 5) is 19.1. The van der Waals surface area contributed by atoms with Gasteiger partial charge in [-0.2, -0.15) is 0 Å². The fraction of sp³-hybridized carbons (Fsp3) is 0.400. The summed E-state index contributed by atoms with van der Waals surface area (Å²) in [5, 5.41) is 2.99. The number of carbonyl (C=O) groups excluding carboxylic acids is 1.